The summed E-state index contributed by atoms with van der Waals surface area (Å²) in [5.74, 6) is -0.267. The molecule has 0 aliphatic rings. The number of rotatable bonds is 7. The fraction of sp³-hybridized carbons (Fsp3) is 0.222. The standard InChI is InChI=1S/C18H18FN5O2S/c1-12(17(26)20-11-10-13-2-4-14(19)5-3-13)27-18-21-22-23-24(18)15-6-8-16(25)9-7-15/h2-9,12,25H,10-11H2,1H3,(H,20,26)/t12-/m1/s1. The van der Waals surface area contributed by atoms with E-state index in [0.717, 1.165) is 5.56 Å². The molecule has 0 saturated heterocycles. The van der Waals surface area contributed by atoms with Gasteiger partial charge in [-0.2, -0.15) is 4.68 Å². The van der Waals surface area contributed by atoms with Gasteiger partial charge in [-0.1, -0.05) is 23.9 Å². The molecule has 0 aliphatic heterocycles. The van der Waals surface area contributed by atoms with Crippen LogP contribution in [0.1, 0.15) is 12.5 Å². The van der Waals surface area contributed by atoms with E-state index < -0.39 is 5.25 Å². The molecule has 1 heterocycles. The average Bonchev–Trinajstić information content (AvgIpc) is 3.12. The number of phenolic OH excluding ortho intramolecular Hbond substituents is 1. The molecule has 0 unspecified atom stereocenters. The predicted molar refractivity (Wildman–Crippen MR) is 99.3 cm³/mol. The molecule has 0 radical (unpaired) electrons. The molecule has 3 aromatic rings. The van der Waals surface area contributed by atoms with Gasteiger partial charge in [0.25, 0.3) is 0 Å². The van der Waals surface area contributed by atoms with Crippen molar-refractivity contribution in [2.45, 2.75) is 23.8 Å². The molecule has 1 atom stereocenters. The van der Waals surface area contributed by atoms with Crippen LogP contribution in [0.3, 0.4) is 0 Å². The van der Waals surface area contributed by atoms with Gasteiger partial charge in [0.1, 0.15) is 11.6 Å². The van der Waals surface area contributed by atoms with E-state index in [2.05, 4.69) is 20.8 Å². The van der Waals surface area contributed by atoms with Crippen LogP contribution < -0.4 is 5.32 Å². The summed E-state index contributed by atoms with van der Waals surface area (Å²) in [6.07, 6.45) is 0.620. The third kappa shape index (κ3) is 5.04. The van der Waals surface area contributed by atoms with E-state index in [1.54, 1.807) is 31.2 Å². The third-order valence-corrected chi connectivity index (χ3v) is 4.85. The fourth-order valence-corrected chi connectivity index (χ4v) is 3.18. The number of tetrazole rings is 1. The van der Waals surface area contributed by atoms with E-state index in [9.17, 15) is 14.3 Å². The zero-order chi connectivity index (χ0) is 19.2. The Balaban J connectivity index is 1.55. The Hall–Kier alpha value is -2.94. The Kier molecular flexibility index (Phi) is 6.02. The first-order chi connectivity index (χ1) is 13.0. The summed E-state index contributed by atoms with van der Waals surface area (Å²) in [6, 6.07) is 12.6. The predicted octanol–water partition coefficient (Wildman–Crippen LogP) is 2.35. The molecule has 1 amide bonds. The lowest BCUT2D eigenvalue weighted by Gasteiger charge is -2.12. The van der Waals surface area contributed by atoms with Gasteiger partial charge in [-0.05, 0) is 65.7 Å². The van der Waals surface area contributed by atoms with Crippen LogP contribution in [0.2, 0.25) is 0 Å². The van der Waals surface area contributed by atoms with E-state index in [1.165, 1.54) is 40.7 Å². The van der Waals surface area contributed by atoms with Crippen molar-refractivity contribution in [3.63, 3.8) is 0 Å². The summed E-state index contributed by atoms with van der Waals surface area (Å²) in [7, 11) is 0. The highest BCUT2D eigenvalue weighted by Crippen LogP contribution is 2.23. The van der Waals surface area contributed by atoms with Crippen LogP contribution in [0.15, 0.2) is 53.7 Å². The minimum absolute atomic E-state index is 0.137. The van der Waals surface area contributed by atoms with Gasteiger partial charge in [0, 0.05) is 6.54 Å². The molecule has 0 spiro atoms. The number of nitrogens with one attached hydrogen (secondary N) is 1. The summed E-state index contributed by atoms with van der Waals surface area (Å²) in [5, 5.41) is 23.9. The molecule has 0 bridgehead atoms. The van der Waals surface area contributed by atoms with Crippen LogP contribution >= 0.6 is 11.8 Å². The number of hydrogen-bond donors (Lipinski definition) is 2. The zero-order valence-electron chi connectivity index (χ0n) is 14.5. The van der Waals surface area contributed by atoms with E-state index in [-0.39, 0.29) is 17.5 Å². The second kappa shape index (κ2) is 8.63. The molecule has 0 fully saturated rings. The molecule has 140 valence electrons. The maximum Gasteiger partial charge on any atom is 0.233 e. The van der Waals surface area contributed by atoms with E-state index in [1.807, 2.05) is 0 Å². The van der Waals surface area contributed by atoms with Crippen LogP contribution in [0.25, 0.3) is 5.69 Å². The number of aromatic nitrogens is 4. The van der Waals surface area contributed by atoms with E-state index in [4.69, 9.17) is 0 Å². The van der Waals surface area contributed by atoms with Crippen molar-refractivity contribution in [3.8, 4) is 11.4 Å². The number of benzene rings is 2. The maximum absolute atomic E-state index is 12.9. The molecule has 2 N–H and O–H groups in total. The van der Waals surface area contributed by atoms with Gasteiger partial charge in [0.05, 0.1) is 10.9 Å². The topological polar surface area (TPSA) is 92.9 Å². The van der Waals surface area contributed by atoms with Crippen LogP contribution in [0.5, 0.6) is 5.75 Å². The third-order valence-electron chi connectivity index (χ3n) is 3.81. The van der Waals surface area contributed by atoms with Crippen LogP contribution in [0.4, 0.5) is 4.39 Å². The lowest BCUT2D eigenvalue weighted by molar-refractivity contribution is -0.120. The smallest absolute Gasteiger partial charge is 0.233 e. The molecular formula is C18H18FN5O2S. The van der Waals surface area contributed by atoms with Crippen molar-refractivity contribution in [1.29, 1.82) is 0 Å². The van der Waals surface area contributed by atoms with Crippen molar-refractivity contribution in [3.05, 3.63) is 59.9 Å². The number of carbonyl (C=O) groups excluding carboxylic acids is 1. The monoisotopic (exact) mass is 387 g/mol. The first-order valence-corrected chi connectivity index (χ1v) is 9.17. The number of halogens is 1. The highest BCUT2D eigenvalue weighted by atomic mass is 32.2. The molecule has 2 aromatic carbocycles. The Morgan fingerprint density at radius 1 is 1.22 bits per heavy atom. The molecule has 3 rings (SSSR count). The largest absolute Gasteiger partial charge is 0.508 e. The lowest BCUT2D eigenvalue weighted by Crippen LogP contribution is -2.32. The number of amides is 1. The van der Waals surface area contributed by atoms with Gasteiger partial charge in [-0.3, -0.25) is 4.79 Å². The van der Waals surface area contributed by atoms with Crippen LogP contribution in [0, 0.1) is 5.82 Å². The van der Waals surface area contributed by atoms with Crippen LogP contribution in [-0.2, 0) is 11.2 Å². The fourth-order valence-electron chi connectivity index (χ4n) is 2.34. The Labute approximate surface area is 159 Å². The molecule has 9 heteroatoms. The second-order valence-corrected chi connectivity index (χ2v) is 7.13. The van der Waals surface area contributed by atoms with Crippen molar-refractivity contribution in [2.75, 3.05) is 6.54 Å². The summed E-state index contributed by atoms with van der Waals surface area (Å²) in [6.45, 7) is 2.23. The summed E-state index contributed by atoms with van der Waals surface area (Å²) < 4.78 is 14.4. The van der Waals surface area contributed by atoms with Crippen molar-refractivity contribution in [1.82, 2.24) is 25.5 Å². The first kappa shape index (κ1) is 18.8. The minimum Gasteiger partial charge on any atom is -0.508 e. The van der Waals surface area contributed by atoms with Gasteiger partial charge < -0.3 is 10.4 Å². The maximum atomic E-state index is 12.9. The summed E-state index contributed by atoms with van der Waals surface area (Å²) >= 11 is 1.23. The molecule has 7 nitrogen and oxygen atoms in total. The Bertz CT molecular complexity index is 899. The van der Waals surface area contributed by atoms with E-state index in [0.29, 0.717) is 23.8 Å². The van der Waals surface area contributed by atoms with Crippen molar-refractivity contribution < 1.29 is 14.3 Å². The quantitative estimate of drug-likeness (QED) is 0.605. The Morgan fingerprint density at radius 2 is 1.93 bits per heavy atom. The first-order valence-electron chi connectivity index (χ1n) is 8.29. The second-order valence-electron chi connectivity index (χ2n) is 5.82. The number of phenols is 1. The molecule has 0 saturated carbocycles. The van der Waals surface area contributed by atoms with Crippen LogP contribution in [-0.4, -0.2) is 43.0 Å². The minimum atomic E-state index is -0.403. The van der Waals surface area contributed by atoms with Gasteiger partial charge in [0.15, 0.2) is 0 Å². The van der Waals surface area contributed by atoms with Gasteiger partial charge in [-0.25, -0.2) is 4.39 Å². The molecular weight excluding hydrogens is 369 g/mol. The SMILES string of the molecule is C[C@@H](Sc1nnnn1-c1ccc(O)cc1)C(=O)NCCc1ccc(F)cc1. The van der Waals surface area contributed by atoms with Gasteiger partial charge >= 0.3 is 0 Å². The number of hydrogen-bond acceptors (Lipinski definition) is 6. The number of carbonyl (C=O) groups is 1. The molecule has 27 heavy (non-hydrogen) atoms. The highest BCUT2D eigenvalue weighted by molar-refractivity contribution is 8.00. The summed E-state index contributed by atoms with van der Waals surface area (Å²) in [4.78, 5) is 12.3. The van der Waals surface area contributed by atoms with Crippen molar-refractivity contribution in [2.24, 2.45) is 0 Å². The average molecular weight is 387 g/mol. The number of aromatic hydroxyl groups is 1. The zero-order valence-corrected chi connectivity index (χ0v) is 15.4. The summed E-state index contributed by atoms with van der Waals surface area (Å²) in [5.41, 5.74) is 1.64. The van der Waals surface area contributed by atoms with Crippen molar-refractivity contribution >= 4 is 17.7 Å². The number of nitrogens with zero attached hydrogens (tertiary/aromatic N) is 4. The highest BCUT2D eigenvalue weighted by Gasteiger charge is 2.19. The normalized spacial score (nSPS) is 11.9. The lowest BCUT2D eigenvalue weighted by atomic mass is 10.1. The molecule has 0 aliphatic carbocycles. The van der Waals surface area contributed by atoms with E-state index >= 15 is 0 Å². The van der Waals surface area contributed by atoms with Gasteiger partial charge in [-0.15, -0.1) is 5.10 Å². The Morgan fingerprint density at radius 3 is 2.63 bits per heavy atom. The van der Waals surface area contributed by atoms with Gasteiger partial charge in [0.2, 0.25) is 11.1 Å². The molecule has 1 aromatic heterocycles. The number of thioether (sulfide) groups is 1.